The minimum absolute atomic E-state index is 0.0769. The number of nitrogens with one attached hydrogen (secondary N) is 1. The second kappa shape index (κ2) is 5.94. The van der Waals surface area contributed by atoms with Crippen LogP contribution in [0.1, 0.15) is 35.7 Å². The number of ether oxygens (including phenoxy) is 1. The molecule has 0 aromatic heterocycles. The first kappa shape index (κ1) is 14.4. The van der Waals surface area contributed by atoms with Crippen LogP contribution in [0.5, 0.6) is 5.75 Å². The van der Waals surface area contributed by atoms with Crippen LogP contribution < -0.4 is 5.32 Å². The standard InChI is InChI=1S/C15H19NO4/c1-9-3-6-13(17)12(7-9)15(19)20-8-14(18)16-10(2)11-4-5-11/h3,6-7,10-11,17H,4-5,8H2,1-2H3,(H,16,18)/t10-/m0/s1. The maximum absolute atomic E-state index is 11.8. The minimum atomic E-state index is -0.694. The van der Waals surface area contributed by atoms with Crippen LogP contribution in [-0.4, -0.2) is 29.6 Å². The van der Waals surface area contributed by atoms with E-state index in [9.17, 15) is 14.7 Å². The van der Waals surface area contributed by atoms with Crippen LogP contribution in [0.4, 0.5) is 0 Å². The Labute approximate surface area is 117 Å². The van der Waals surface area contributed by atoms with E-state index < -0.39 is 5.97 Å². The number of phenols is 1. The van der Waals surface area contributed by atoms with Gasteiger partial charge in [0.05, 0.1) is 0 Å². The summed E-state index contributed by atoms with van der Waals surface area (Å²) in [7, 11) is 0. The summed E-state index contributed by atoms with van der Waals surface area (Å²) in [5.41, 5.74) is 0.912. The zero-order valence-corrected chi connectivity index (χ0v) is 11.7. The maximum Gasteiger partial charge on any atom is 0.342 e. The van der Waals surface area contributed by atoms with E-state index in [1.54, 1.807) is 13.0 Å². The molecule has 108 valence electrons. The third-order valence-electron chi connectivity index (χ3n) is 3.42. The number of hydrogen-bond acceptors (Lipinski definition) is 4. The molecule has 1 aliphatic carbocycles. The lowest BCUT2D eigenvalue weighted by atomic mass is 10.1. The molecule has 1 aliphatic rings. The predicted octanol–water partition coefficient (Wildman–Crippen LogP) is 1.77. The first-order chi connectivity index (χ1) is 9.47. The van der Waals surface area contributed by atoms with Crippen molar-refractivity contribution in [1.82, 2.24) is 5.32 Å². The number of carbonyl (C=O) groups excluding carboxylic acids is 2. The van der Waals surface area contributed by atoms with Gasteiger partial charge >= 0.3 is 5.97 Å². The Hall–Kier alpha value is -2.04. The molecule has 5 heteroatoms. The zero-order valence-electron chi connectivity index (χ0n) is 11.7. The second-order valence-electron chi connectivity index (χ2n) is 5.29. The highest BCUT2D eigenvalue weighted by Crippen LogP contribution is 2.32. The summed E-state index contributed by atoms with van der Waals surface area (Å²) >= 11 is 0. The van der Waals surface area contributed by atoms with Gasteiger partial charge in [0.15, 0.2) is 6.61 Å². The molecule has 1 fully saturated rings. The van der Waals surface area contributed by atoms with E-state index in [-0.39, 0.29) is 29.9 Å². The van der Waals surface area contributed by atoms with Crippen molar-refractivity contribution in [3.05, 3.63) is 29.3 Å². The molecule has 2 rings (SSSR count). The van der Waals surface area contributed by atoms with Crippen LogP contribution in [0, 0.1) is 12.8 Å². The lowest BCUT2D eigenvalue weighted by molar-refractivity contribution is -0.125. The lowest BCUT2D eigenvalue weighted by Crippen LogP contribution is -2.37. The third kappa shape index (κ3) is 3.73. The molecule has 1 amide bonds. The maximum atomic E-state index is 11.8. The molecule has 1 aromatic carbocycles. The summed E-state index contributed by atoms with van der Waals surface area (Å²) in [6.07, 6.45) is 2.27. The number of benzene rings is 1. The molecule has 0 unspecified atom stereocenters. The van der Waals surface area contributed by atoms with Crippen molar-refractivity contribution in [3.63, 3.8) is 0 Å². The van der Waals surface area contributed by atoms with E-state index in [4.69, 9.17) is 4.74 Å². The van der Waals surface area contributed by atoms with Gasteiger partial charge in [-0.05, 0) is 44.7 Å². The predicted molar refractivity (Wildman–Crippen MR) is 73.5 cm³/mol. The van der Waals surface area contributed by atoms with Crippen molar-refractivity contribution in [3.8, 4) is 5.75 Å². The summed E-state index contributed by atoms with van der Waals surface area (Å²) < 4.78 is 4.92. The molecule has 2 N–H and O–H groups in total. The molecular formula is C15H19NO4. The van der Waals surface area contributed by atoms with Crippen LogP contribution in [0.25, 0.3) is 0 Å². The Kier molecular flexibility index (Phi) is 4.27. The molecule has 0 heterocycles. The molecule has 0 spiro atoms. The number of carbonyl (C=O) groups is 2. The van der Waals surface area contributed by atoms with Gasteiger partial charge in [0.1, 0.15) is 11.3 Å². The largest absolute Gasteiger partial charge is 0.507 e. The fraction of sp³-hybridized carbons (Fsp3) is 0.467. The zero-order chi connectivity index (χ0) is 14.7. The van der Waals surface area contributed by atoms with Crippen molar-refractivity contribution < 1.29 is 19.4 Å². The number of aryl methyl sites for hydroxylation is 1. The summed E-state index contributed by atoms with van der Waals surface area (Å²) in [6.45, 7) is 3.42. The SMILES string of the molecule is Cc1ccc(O)c(C(=O)OCC(=O)N[C@@H](C)C2CC2)c1. The molecule has 1 saturated carbocycles. The van der Waals surface area contributed by atoms with Crippen molar-refractivity contribution >= 4 is 11.9 Å². The van der Waals surface area contributed by atoms with Gasteiger partial charge in [0.25, 0.3) is 5.91 Å². The molecule has 0 aliphatic heterocycles. The highest BCUT2D eigenvalue weighted by Gasteiger charge is 2.29. The average molecular weight is 277 g/mol. The highest BCUT2D eigenvalue weighted by molar-refractivity contribution is 5.94. The van der Waals surface area contributed by atoms with E-state index in [0.29, 0.717) is 5.92 Å². The fourth-order valence-corrected chi connectivity index (χ4v) is 2.03. The minimum Gasteiger partial charge on any atom is -0.507 e. The van der Waals surface area contributed by atoms with Gasteiger partial charge in [-0.15, -0.1) is 0 Å². The van der Waals surface area contributed by atoms with Crippen molar-refractivity contribution in [2.24, 2.45) is 5.92 Å². The number of hydrogen-bond donors (Lipinski definition) is 2. The summed E-state index contributed by atoms with van der Waals surface area (Å²) in [5, 5.41) is 12.4. The average Bonchev–Trinajstić information content (AvgIpc) is 3.23. The van der Waals surface area contributed by atoms with Gasteiger partial charge in [0, 0.05) is 6.04 Å². The summed E-state index contributed by atoms with van der Waals surface area (Å²) in [6, 6.07) is 4.77. The van der Waals surface area contributed by atoms with Gasteiger partial charge in [-0.2, -0.15) is 0 Å². The molecule has 0 radical (unpaired) electrons. The molecule has 0 saturated heterocycles. The Balaban J connectivity index is 1.85. The van der Waals surface area contributed by atoms with Crippen molar-refractivity contribution in [1.29, 1.82) is 0 Å². The number of amides is 1. The molecule has 20 heavy (non-hydrogen) atoms. The monoisotopic (exact) mass is 277 g/mol. The molecule has 1 atom stereocenters. The molecule has 0 bridgehead atoms. The van der Waals surface area contributed by atoms with Crippen molar-refractivity contribution in [2.45, 2.75) is 32.7 Å². The Morgan fingerprint density at radius 3 is 2.80 bits per heavy atom. The van der Waals surface area contributed by atoms with Gasteiger partial charge in [-0.3, -0.25) is 4.79 Å². The second-order valence-corrected chi connectivity index (χ2v) is 5.29. The van der Waals surface area contributed by atoms with E-state index in [2.05, 4.69) is 5.32 Å². The number of rotatable bonds is 5. The normalized spacial score (nSPS) is 15.5. The number of phenolic OH excluding ortho intramolecular Hbond substituents is 1. The molecule has 5 nitrogen and oxygen atoms in total. The lowest BCUT2D eigenvalue weighted by Gasteiger charge is -2.13. The van der Waals surface area contributed by atoms with E-state index >= 15 is 0 Å². The number of esters is 1. The first-order valence-electron chi connectivity index (χ1n) is 6.73. The van der Waals surface area contributed by atoms with Gasteiger partial charge in [0.2, 0.25) is 0 Å². The first-order valence-corrected chi connectivity index (χ1v) is 6.73. The van der Waals surface area contributed by atoms with Gasteiger partial charge < -0.3 is 15.2 Å². The van der Waals surface area contributed by atoms with Gasteiger partial charge in [-0.1, -0.05) is 11.6 Å². The van der Waals surface area contributed by atoms with E-state index in [1.165, 1.54) is 12.1 Å². The summed E-state index contributed by atoms with van der Waals surface area (Å²) in [4.78, 5) is 23.4. The Bertz CT molecular complexity index is 523. The van der Waals surface area contributed by atoms with Gasteiger partial charge in [-0.25, -0.2) is 4.79 Å². The van der Waals surface area contributed by atoms with E-state index in [0.717, 1.165) is 18.4 Å². The van der Waals surface area contributed by atoms with Crippen LogP contribution >= 0.6 is 0 Å². The van der Waals surface area contributed by atoms with Crippen LogP contribution in [-0.2, 0) is 9.53 Å². The molecular weight excluding hydrogens is 258 g/mol. The van der Waals surface area contributed by atoms with Crippen LogP contribution in [0.2, 0.25) is 0 Å². The Morgan fingerprint density at radius 2 is 2.15 bits per heavy atom. The van der Waals surface area contributed by atoms with E-state index in [1.807, 2.05) is 6.92 Å². The number of aromatic hydroxyl groups is 1. The smallest absolute Gasteiger partial charge is 0.342 e. The highest BCUT2D eigenvalue weighted by atomic mass is 16.5. The topological polar surface area (TPSA) is 75.6 Å². The fourth-order valence-electron chi connectivity index (χ4n) is 2.03. The van der Waals surface area contributed by atoms with Crippen LogP contribution in [0.15, 0.2) is 18.2 Å². The quantitative estimate of drug-likeness (QED) is 0.804. The third-order valence-corrected chi connectivity index (χ3v) is 3.42. The van der Waals surface area contributed by atoms with Crippen LogP contribution in [0.3, 0.4) is 0 Å². The Morgan fingerprint density at radius 1 is 1.45 bits per heavy atom. The van der Waals surface area contributed by atoms with Crippen molar-refractivity contribution in [2.75, 3.05) is 6.61 Å². The molecule has 1 aromatic rings. The summed E-state index contributed by atoms with van der Waals surface area (Å²) in [5.74, 6) is -0.604.